The van der Waals surface area contributed by atoms with E-state index in [-0.39, 0.29) is 16.8 Å². The average molecular weight is 443 g/mol. The first-order chi connectivity index (χ1) is 14.9. The number of carbonyl (C=O) groups excluding carboxylic acids is 2. The molecule has 0 saturated heterocycles. The molecule has 0 atom stereocenters. The SMILES string of the molecule is CCOCCn1c(=NC(=O)c2cccc([N+](=O)[O-])c2C)sc2cc(C(=O)OC)ccc21. The van der Waals surface area contributed by atoms with Crippen molar-refractivity contribution >= 4 is 39.1 Å². The van der Waals surface area contributed by atoms with Gasteiger partial charge in [-0.15, -0.1) is 0 Å². The number of methoxy groups -OCH3 is 1. The van der Waals surface area contributed by atoms with Crippen molar-refractivity contribution in [1.82, 2.24) is 4.57 Å². The van der Waals surface area contributed by atoms with Crippen molar-refractivity contribution in [2.45, 2.75) is 20.4 Å². The summed E-state index contributed by atoms with van der Waals surface area (Å²) in [6.45, 7) is 4.83. The standard InChI is InChI=1S/C21H21N3O6S/c1-4-30-11-10-23-17-9-8-14(20(26)29-3)12-18(17)31-21(23)22-19(25)15-6-5-7-16(13(15)2)24(27)28/h5-9,12H,4,10-11H2,1-3H3. The molecule has 0 bridgehead atoms. The van der Waals surface area contributed by atoms with Gasteiger partial charge in [0.25, 0.3) is 11.6 Å². The van der Waals surface area contributed by atoms with Gasteiger partial charge in [0.1, 0.15) is 0 Å². The van der Waals surface area contributed by atoms with Gasteiger partial charge in [-0.25, -0.2) is 4.79 Å². The lowest BCUT2D eigenvalue weighted by molar-refractivity contribution is -0.385. The molecule has 2 aromatic carbocycles. The fraction of sp³-hybridized carbons (Fsp3) is 0.286. The molecule has 0 aliphatic heterocycles. The maximum absolute atomic E-state index is 12.9. The molecule has 0 unspecified atom stereocenters. The summed E-state index contributed by atoms with van der Waals surface area (Å²) < 4.78 is 12.8. The van der Waals surface area contributed by atoms with E-state index in [0.29, 0.717) is 30.1 Å². The molecule has 0 fully saturated rings. The van der Waals surface area contributed by atoms with Gasteiger partial charge in [0.15, 0.2) is 4.80 Å². The summed E-state index contributed by atoms with van der Waals surface area (Å²) in [5.74, 6) is -1.04. The monoisotopic (exact) mass is 443 g/mol. The zero-order valence-corrected chi connectivity index (χ0v) is 18.1. The number of rotatable bonds is 7. The Morgan fingerprint density at radius 1 is 1.26 bits per heavy atom. The van der Waals surface area contributed by atoms with Crippen molar-refractivity contribution in [3.05, 3.63) is 68.0 Å². The zero-order valence-electron chi connectivity index (χ0n) is 17.3. The highest BCUT2D eigenvalue weighted by atomic mass is 32.1. The van der Waals surface area contributed by atoms with Crippen LogP contribution in [-0.2, 0) is 16.0 Å². The number of nitrogens with zero attached hydrogens (tertiary/aromatic N) is 3. The number of hydrogen-bond donors (Lipinski definition) is 0. The topological polar surface area (TPSA) is 113 Å². The van der Waals surface area contributed by atoms with E-state index < -0.39 is 16.8 Å². The minimum atomic E-state index is -0.578. The van der Waals surface area contributed by atoms with Gasteiger partial charge in [0.2, 0.25) is 0 Å². The lowest BCUT2D eigenvalue weighted by Crippen LogP contribution is -2.20. The normalized spacial score (nSPS) is 11.6. The van der Waals surface area contributed by atoms with Gasteiger partial charge in [0.05, 0.1) is 40.0 Å². The molecular formula is C21H21N3O6S. The number of aromatic nitrogens is 1. The van der Waals surface area contributed by atoms with Gasteiger partial charge in [-0.05, 0) is 38.1 Å². The number of nitro benzene ring substituents is 1. The summed E-state index contributed by atoms with van der Waals surface area (Å²) in [5.41, 5.74) is 1.47. The first kappa shape index (κ1) is 22.3. The number of carbonyl (C=O) groups is 2. The van der Waals surface area contributed by atoms with Crippen molar-refractivity contribution in [1.29, 1.82) is 0 Å². The van der Waals surface area contributed by atoms with Crippen LogP contribution in [-0.4, -0.2) is 41.7 Å². The molecule has 1 heterocycles. The Kier molecular flexibility index (Phi) is 6.93. The van der Waals surface area contributed by atoms with Gasteiger partial charge in [-0.1, -0.05) is 17.4 Å². The molecule has 10 heteroatoms. The van der Waals surface area contributed by atoms with Crippen LogP contribution in [0, 0.1) is 17.0 Å². The van der Waals surface area contributed by atoms with E-state index in [1.807, 2.05) is 11.5 Å². The molecule has 0 spiro atoms. The van der Waals surface area contributed by atoms with Crippen LogP contribution < -0.4 is 4.80 Å². The third-order valence-electron chi connectivity index (χ3n) is 4.70. The highest BCUT2D eigenvalue weighted by Crippen LogP contribution is 2.23. The Hall–Kier alpha value is -3.37. The second-order valence-electron chi connectivity index (χ2n) is 6.53. The number of ether oxygens (including phenoxy) is 2. The molecule has 1 amide bonds. The molecular weight excluding hydrogens is 422 g/mol. The first-order valence-corrected chi connectivity index (χ1v) is 10.3. The fourth-order valence-electron chi connectivity index (χ4n) is 3.12. The van der Waals surface area contributed by atoms with E-state index in [1.54, 1.807) is 18.2 Å². The summed E-state index contributed by atoms with van der Waals surface area (Å²) in [7, 11) is 1.31. The molecule has 9 nitrogen and oxygen atoms in total. The molecule has 0 aliphatic rings. The van der Waals surface area contributed by atoms with Crippen molar-refractivity contribution in [3.8, 4) is 0 Å². The van der Waals surface area contributed by atoms with E-state index in [4.69, 9.17) is 9.47 Å². The Morgan fingerprint density at radius 2 is 2.03 bits per heavy atom. The van der Waals surface area contributed by atoms with Crippen molar-refractivity contribution < 1.29 is 24.0 Å². The summed E-state index contributed by atoms with van der Waals surface area (Å²) in [6, 6.07) is 9.43. The first-order valence-electron chi connectivity index (χ1n) is 9.49. The zero-order chi connectivity index (χ0) is 22.5. The van der Waals surface area contributed by atoms with E-state index in [1.165, 1.54) is 43.6 Å². The van der Waals surface area contributed by atoms with Crippen LogP contribution in [0.15, 0.2) is 41.4 Å². The molecule has 31 heavy (non-hydrogen) atoms. The predicted octanol–water partition coefficient (Wildman–Crippen LogP) is 3.48. The van der Waals surface area contributed by atoms with E-state index in [2.05, 4.69) is 4.99 Å². The smallest absolute Gasteiger partial charge is 0.337 e. The molecule has 3 rings (SSSR count). The van der Waals surface area contributed by atoms with E-state index in [9.17, 15) is 19.7 Å². The fourth-order valence-corrected chi connectivity index (χ4v) is 4.21. The Balaban J connectivity index is 2.12. The molecule has 0 saturated carbocycles. The van der Waals surface area contributed by atoms with Gasteiger partial charge in [0, 0.05) is 24.8 Å². The number of nitro groups is 1. The molecule has 0 aliphatic carbocycles. The van der Waals surface area contributed by atoms with Gasteiger partial charge >= 0.3 is 5.97 Å². The minimum Gasteiger partial charge on any atom is -0.465 e. The maximum Gasteiger partial charge on any atom is 0.337 e. The second kappa shape index (κ2) is 9.63. The number of benzene rings is 2. The highest BCUT2D eigenvalue weighted by Gasteiger charge is 2.18. The Morgan fingerprint density at radius 3 is 2.71 bits per heavy atom. The number of amides is 1. The van der Waals surface area contributed by atoms with Crippen LogP contribution in [0.4, 0.5) is 5.69 Å². The van der Waals surface area contributed by atoms with Crippen molar-refractivity contribution in [2.24, 2.45) is 4.99 Å². The number of esters is 1. The molecule has 3 aromatic rings. The van der Waals surface area contributed by atoms with Gasteiger partial charge in [-0.2, -0.15) is 4.99 Å². The lowest BCUT2D eigenvalue weighted by atomic mass is 10.1. The third kappa shape index (κ3) is 4.70. The molecule has 162 valence electrons. The second-order valence-corrected chi connectivity index (χ2v) is 7.54. The Bertz CT molecular complexity index is 1230. The number of hydrogen-bond acceptors (Lipinski definition) is 7. The molecule has 0 radical (unpaired) electrons. The van der Waals surface area contributed by atoms with Crippen LogP contribution in [0.2, 0.25) is 0 Å². The van der Waals surface area contributed by atoms with E-state index >= 15 is 0 Å². The number of fused-ring (bicyclic) bond motifs is 1. The minimum absolute atomic E-state index is 0.135. The summed E-state index contributed by atoms with van der Waals surface area (Å²) >= 11 is 1.24. The average Bonchev–Trinajstić information content (AvgIpc) is 3.09. The number of thiazole rings is 1. The largest absolute Gasteiger partial charge is 0.465 e. The molecule has 0 N–H and O–H groups in total. The van der Waals surface area contributed by atoms with Crippen molar-refractivity contribution in [3.63, 3.8) is 0 Å². The summed E-state index contributed by atoms with van der Waals surface area (Å²) in [4.78, 5) is 40.1. The summed E-state index contributed by atoms with van der Waals surface area (Å²) in [5, 5.41) is 11.2. The lowest BCUT2D eigenvalue weighted by Gasteiger charge is -2.06. The van der Waals surface area contributed by atoms with Gasteiger partial charge < -0.3 is 14.0 Å². The van der Waals surface area contributed by atoms with E-state index in [0.717, 1.165) is 10.2 Å². The Labute approximate surface area is 181 Å². The highest BCUT2D eigenvalue weighted by molar-refractivity contribution is 7.16. The van der Waals surface area contributed by atoms with Crippen molar-refractivity contribution in [2.75, 3.05) is 20.3 Å². The van der Waals surface area contributed by atoms with Gasteiger partial charge in [-0.3, -0.25) is 14.9 Å². The van der Waals surface area contributed by atoms with Crippen LogP contribution in [0.1, 0.15) is 33.2 Å². The quantitative estimate of drug-likeness (QED) is 0.239. The summed E-state index contributed by atoms with van der Waals surface area (Å²) in [6.07, 6.45) is 0. The third-order valence-corrected chi connectivity index (χ3v) is 5.74. The van der Waals surface area contributed by atoms with Crippen LogP contribution in [0.3, 0.4) is 0 Å². The predicted molar refractivity (Wildman–Crippen MR) is 115 cm³/mol. The molecule has 1 aromatic heterocycles. The maximum atomic E-state index is 12.9. The van der Waals surface area contributed by atoms with Crippen LogP contribution >= 0.6 is 11.3 Å². The van der Waals surface area contributed by atoms with Crippen LogP contribution in [0.25, 0.3) is 10.2 Å². The van der Waals surface area contributed by atoms with Crippen LogP contribution in [0.5, 0.6) is 0 Å².